The van der Waals surface area contributed by atoms with E-state index in [9.17, 15) is 10.0 Å². The van der Waals surface area contributed by atoms with Gasteiger partial charge in [-0.15, -0.1) is 11.6 Å². The first-order chi connectivity index (χ1) is 10.6. The molecule has 1 aliphatic rings. The van der Waals surface area contributed by atoms with Gasteiger partial charge in [0.2, 0.25) is 5.91 Å². The third kappa shape index (κ3) is 2.07. The molecule has 0 saturated heterocycles. The zero-order valence-corrected chi connectivity index (χ0v) is 13.2. The standard InChI is InChI=1S/C16H12Cl2N2O2/c1-20(13(21)8-17)12-7-6-11(18)14-9-4-2-3-5-10(9)16(19-22)15(12)14/h2-7,22H,8H2,1H3. The van der Waals surface area contributed by atoms with E-state index < -0.39 is 0 Å². The second kappa shape index (κ2) is 5.63. The molecule has 0 saturated carbocycles. The maximum atomic E-state index is 11.9. The number of hydrogen-bond acceptors (Lipinski definition) is 3. The molecule has 0 heterocycles. The molecule has 3 rings (SSSR count). The van der Waals surface area contributed by atoms with Gasteiger partial charge in [0.05, 0.1) is 5.69 Å². The van der Waals surface area contributed by atoms with E-state index in [2.05, 4.69) is 5.16 Å². The first-order valence-corrected chi connectivity index (χ1v) is 7.48. The Labute approximate surface area is 137 Å². The van der Waals surface area contributed by atoms with Crippen LogP contribution in [0.2, 0.25) is 5.02 Å². The molecular weight excluding hydrogens is 323 g/mol. The van der Waals surface area contributed by atoms with E-state index in [0.717, 1.165) is 16.7 Å². The third-order valence-corrected chi connectivity index (χ3v) is 4.31. The van der Waals surface area contributed by atoms with Gasteiger partial charge < -0.3 is 10.1 Å². The van der Waals surface area contributed by atoms with Gasteiger partial charge in [0, 0.05) is 28.8 Å². The highest BCUT2D eigenvalue weighted by Gasteiger charge is 2.31. The number of rotatable bonds is 2. The number of carbonyl (C=O) groups excluding carboxylic acids is 1. The summed E-state index contributed by atoms with van der Waals surface area (Å²) in [4.78, 5) is 13.4. The molecule has 1 N–H and O–H groups in total. The Morgan fingerprint density at radius 2 is 1.86 bits per heavy atom. The van der Waals surface area contributed by atoms with E-state index in [0.29, 0.717) is 22.0 Å². The molecule has 0 spiro atoms. The Morgan fingerprint density at radius 3 is 2.50 bits per heavy atom. The monoisotopic (exact) mass is 334 g/mol. The number of hydrogen-bond donors (Lipinski definition) is 1. The smallest absolute Gasteiger partial charge is 0.241 e. The average molecular weight is 335 g/mol. The molecule has 6 heteroatoms. The van der Waals surface area contributed by atoms with E-state index in [4.69, 9.17) is 23.2 Å². The van der Waals surface area contributed by atoms with Crippen LogP contribution in [0.15, 0.2) is 41.6 Å². The van der Waals surface area contributed by atoms with E-state index in [1.165, 1.54) is 4.90 Å². The van der Waals surface area contributed by atoms with E-state index in [1.807, 2.05) is 24.3 Å². The molecule has 4 nitrogen and oxygen atoms in total. The summed E-state index contributed by atoms with van der Waals surface area (Å²) in [6.45, 7) is 0. The summed E-state index contributed by atoms with van der Waals surface area (Å²) in [5.74, 6) is -0.383. The SMILES string of the molecule is CN(C(=O)CCl)c1ccc(Cl)c2c1C(=NO)c1ccccc1-2. The highest BCUT2D eigenvalue weighted by Crippen LogP contribution is 2.45. The van der Waals surface area contributed by atoms with Crippen LogP contribution in [0.25, 0.3) is 11.1 Å². The van der Waals surface area contributed by atoms with Gasteiger partial charge in [-0.2, -0.15) is 0 Å². The van der Waals surface area contributed by atoms with Gasteiger partial charge in [-0.3, -0.25) is 4.79 Å². The Bertz CT molecular complexity index is 803. The first kappa shape index (κ1) is 14.9. The lowest BCUT2D eigenvalue weighted by molar-refractivity contribution is -0.116. The van der Waals surface area contributed by atoms with Gasteiger partial charge >= 0.3 is 0 Å². The molecule has 0 atom stereocenters. The van der Waals surface area contributed by atoms with E-state index in [1.54, 1.807) is 19.2 Å². The van der Waals surface area contributed by atoms with Crippen LogP contribution < -0.4 is 4.90 Å². The van der Waals surface area contributed by atoms with Crippen molar-refractivity contribution in [2.24, 2.45) is 5.16 Å². The fourth-order valence-corrected chi connectivity index (χ4v) is 3.16. The minimum absolute atomic E-state index is 0.132. The van der Waals surface area contributed by atoms with E-state index in [-0.39, 0.29) is 11.8 Å². The maximum absolute atomic E-state index is 11.9. The molecule has 2 aromatic rings. The summed E-state index contributed by atoms with van der Waals surface area (Å²) in [6.07, 6.45) is 0. The van der Waals surface area contributed by atoms with E-state index >= 15 is 0 Å². The van der Waals surface area contributed by atoms with Gasteiger partial charge in [0.25, 0.3) is 0 Å². The van der Waals surface area contributed by atoms with Crippen LogP contribution in [0.5, 0.6) is 0 Å². The minimum Gasteiger partial charge on any atom is -0.410 e. The minimum atomic E-state index is -0.251. The van der Waals surface area contributed by atoms with Crippen molar-refractivity contribution in [3.05, 3.63) is 52.5 Å². The van der Waals surface area contributed by atoms with Gasteiger partial charge in [-0.1, -0.05) is 41.0 Å². The van der Waals surface area contributed by atoms with Crippen LogP contribution in [-0.2, 0) is 4.79 Å². The molecule has 22 heavy (non-hydrogen) atoms. The summed E-state index contributed by atoms with van der Waals surface area (Å²) in [5.41, 5.74) is 4.06. The van der Waals surface area contributed by atoms with Crippen molar-refractivity contribution in [3.8, 4) is 11.1 Å². The molecule has 2 aromatic carbocycles. The number of amides is 1. The molecule has 0 fully saturated rings. The number of alkyl halides is 1. The Hall–Kier alpha value is -2.04. The van der Waals surface area contributed by atoms with Gasteiger partial charge in [-0.05, 0) is 17.7 Å². The second-order valence-electron chi connectivity index (χ2n) is 4.90. The van der Waals surface area contributed by atoms with Gasteiger partial charge in [0.15, 0.2) is 0 Å². The Balaban J connectivity index is 2.32. The number of oxime groups is 1. The lowest BCUT2D eigenvalue weighted by Gasteiger charge is -2.20. The summed E-state index contributed by atoms with van der Waals surface area (Å²) in [7, 11) is 1.63. The lowest BCUT2D eigenvalue weighted by Crippen LogP contribution is -2.28. The highest BCUT2D eigenvalue weighted by molar-refractivity contribution is 6.39. The summed E-state index contributed by atoms with van der Waals surface area (Å²) >= 11 is 12.0. The Kier molecular flexibility index (Phi) is 3.81. The molecular formula is C16H12Cl2N2O2. The average Bonchev–Trinajstić information content (AvgIpc) is 2.89. The summed E-state index contributed by atoms with van der Waals surface area (Å²) in [5, 5.41) is 13.4. The number of benzene rings is 2. The van der Waals surface area contributed by atoms with Crippen LogP contribution in [0, 0.1) is 0 Å². The zero-order valence-electron chi connectivity index (χ0n) is 11.7. The van der Waals surface area contributed by atoms with Crippen LogP contribution >= 0.6 is 23.2 Å². The summed E-state index contributed by atoms with van der Waals surface area (Å²) in [6, 6.07) is 11.0. The largest absolute Gasteiger partial charge is 0.410 e. The third-order valence-electron chi connectivity index (χ3n) is 3.77. The highest BCUT2D eigenvalue weighted by atomic mass is 35.5. The predicted molar refractivity (Wildman–Crippen MR) is 88.4 cm³/mol. The molecule has 112 valence electrons. The van der Waals surface area contributed by atoms with Gasteiger partial charge in [0.1, 0.15) is 11.6 Å². The van der Waals surface area contributed by atoms with Crippen molar-refractivity contribution in [1.82, 2.24) is 0 Å². The fourth-order valence-electron chi connectivity index (χ4n) is 2.72. The number of anilines is 1. The molecule has 0 unspecified atom stereocenters. The molecule has 0 aliphatic heterocycles. The second-order valence-corrected chi connectivity index (χ2v) is 5.57. The number of nitrogens with zero attached hydrogens (tertiary/aromatic N) is 2. The lowest BCUT2D eigenvalue weighted by atomic mass is 10.0. The topological polar surface area (TPSA) is 52.9 Å². The quantitative estimate of drug-likeness (QED) is 0.441. The van der Waals surface area contributed by atoms with Gasteiger partial charge in [-0.25, -0.2) is 0 Å². The van der Waals surface area contributed by atoms with Crippen molar-refractivity contribution in [3.63, 3.8) is 0 Å². The van der Waals surface area contributed by atoms with Crippen molar-refractivity contribution in [2.75, 3.05) is 17.8 Å². The molecule has 0 bridgehead atoms. The van der Waals surface area contributed by atoms with Crippen molar-refractivity contribution >= 4 is 40.5 Å². The fraction of sp³-hybridized carbons (Fsp3) is 0.125. The van der Waals surface area contributed by atoms with Crippen LogP contribution in [0.3, 0.4) is 0 Å². The first-order valence-electron chi connectivity index (χ1n) is 6.57. The number of halogens is 2. The number of carbonyl (C=O) groups is 1. The normalized spacial score (nSPS) is 13.9. The van der Waals surface area contributed by atoms with Crippen molar-refractivity contribution in [1.29, 1.82) is 0 Å². The molecule has 1 aliphatic carbocycles. The van der Waals surface area contributed by atoms with Crippen molar-refractivity contribution < 1.29 is 10.0 Å². The summed E-state index contributed by atoms with van der Waals surface area (Å²) < 4.78 is 0. The van der Waals surface area contributed by atoms with Crippen LogP contribution in [-0.4, -0.2) is 29.8 Å². The Morgan fingerprint density at radius 1 is 1.18 bits per heavy atom. The molecule has 0 aromatic heterocycles. The number of fused-ring (bicyclic) bond motifs is 3. The van der Waals surface area contributed by atoms with Crippen LogP contribution in [0.4, 0.5) is 5.69 Å². The molecule has 0 radical (unpaired) electrons. The maximum Gasteiger partial charge on any atom is 0.241 e. The van der Waals surface area contributed by atoms with Crippen molar-refractivity contribution in [2.45, 2.75) is 0 Å². The molecule has 1 amide bonds. The zero-order chi connectivity index (χ0) is 15.9. The van der Waals surface area contributed by atoms with Crippen LogP contribution in [0.1, 0.15) is 11.1 Å². The predicted octanol–water partition coefficient (Wildman–Crippen LogP) is 3.75.